The summed E-state index contributed by atoms with van der Waals surface area (Å²) in [5, 5.41) is 1.16. The molecule has 166 valence electrons. The number of amides is 2. The van der Waals surface area contributed by atoms with Gasteiger partial charge in [-0.05, 0) is 35.4 Å². The first kappa shape index (κ1) is 21.2. The Hall–Kier alpha value is -2.70. The quantitative estimate of drug-likeness (QED) is 0.584. The number of ether oxygens (including phenoxy) is 1. The number of benzene rings is 2. The summed E-state index contributed by atoms with van der Waals surface area (Å²) < 4.78 is 6.58. The molecule has 0 aliphatic carbocycles. The van der Waals surface area contributed by atoms with Gasteiger partial charge in [0.15, 0.2) is 0 Å². The molecular weight excluding hydrogens is 420 g/mol. The minimum absolute atomic E-state index is 0.110. The monoisotopic (exact) mass is 448 g/mol. The number of carbonyl (C=O) groups excluding carboxylic acids is 2. The Morgan fingerprint density at radius 2 is 1.69 bits per heavy atom. The van der Waals surface area contributed by atoms with Gasteiger partial charge in [0, 0.05) is 43.2 Å². The molecule has 3 aromatic rings. The Balaban J connectivity index is 1.35. The molecule has 0 radical (unpaired) electrons. The number of morpholine rings is 1. The van der Waals surface area contributed by atoms with E-state index < -0.39 is 0 Å². The zero-order valence-electron chi connectivity index (χ0n) is 18.2. The molecule has 0 N–H and O–H groups in total. The van der Waals surface area contributed by atoms with Crippen LogP contribution in [0.15, 0.2) is 54.6 Å². The maximum absolute atomic E-state index is 13.4. The molecule has 1 aromatic heterocycles. The fourth-order valence-electron chi connectivity index (χ4n) is 4.82. The van der Waals surface area contributed by atoms with Crippen LogP contribution in [0.3, 0.4) is 0 Å². The Morgan fingerprint density at radius 1 is 0.938 bits per heavy atom. The van der Waals surface area contributed by atoms with E-state index in [1.165, 1.54) is 5.56 Å². The molecule has 32 heavy (non-hydrogen) atoms. The van der Waals surface area contributed by atoms with E-state index in [0.717, 1.165) is 39.9 Å². The standard InChI is InChI=1S/C26H28N2O3S/c29-23(11-10-19-6-2-1-3-7-19)28-13-12-20(18-28)24-21-8-4-5-9-22(21)32-25(24)26(30)27-14-16-31-17-15-27/h1-9,20H,10-18H2/t20-/m0/s1. The van der Waals surface area contributed by atoms with Gasteiger partial charge in [-0.2, -0.15) is 0 Å². The molecule has 0 bridgehead atoms. The zero-order chi connectivity index (χ0) is 21.9. The zero-order valence-corrected chi connectivity index (χ0v) is 19.0. The van der Waals surface area contributed by atoms with Crippen LogP contribution in [0.1, 0.15) is 39.6 Å². The third-order valence-electron chi connectivity index (χ3n) is 6.55. The minimum atomic E-state index is 0.110. The van der Waals surface area contributed by atoms with Gasteiger partial charge < -0.3 is 14.5 Å². The molecule has 0 saturated carbocycles. The van der Waals surface area contributed by atoms with Crippen molar-refractivity contribution in [1.29, 1.82) is 0 Å². The van der Waals surface area contributed by atoms with E-state index in [-0.39, 0.29) is 17.7 Å². The third kappa shape index (κ3) is 4.30. The van der Waals surface area contributed by atoms with Gasteiger partial charge in [0.25, 0.3) is 5.91 Å². The van der Waals surface area contributed by atoms with Crippen LogP contribution in [0.4, 0.5) is 0 Å². The number of thiophene rings is 1. The third-order valence-corrected chi connectivity index (χ3v) is 7.72. The predicted molar refractivity (Wildman–Crippen MR) is 127 cm³/mol. The highest BCUT2D eigenvalue weighted by molar-refractivity contribution is 7.21. The van der Waals surface area contributed by atoms with Gasteiger partial charge in [-0.15, -0.1) is 11.3 Å². The molecule has 2 saturated heterocycles. The number of aryl methyl sites for hydroxylation is 1. The van der Waals surface area contributed by atoms with Crippen LogP contribution in [0.25, 0.3) is 10.1 Å². The number of nitrogens with zero attached hydrogens (tertiary/aromatic N) is 2. The largest absolute Gasteiger partial charge is 0.378 e. The summed E-state index contributed by atoms with van der Waals surface area (Å²) in [6, 6.07) is 18.5. The maximum atomic E-state index is 13.4. The van der Waals surface area contributed by atoms with Crippen molar-refractivity contribution in [3.63, 3.8) is 0 Å². The molecule has 0 spiro atoms. The number of likely N-dealkylation sites (tertiary alicyclic amines) is 1. The number of rotatable bonds is 5. The molecule has 6 heteroatoms. The van der Waals surface area contributed by atoms with Crippen molar-refractivity contribution in [2.75, 3.05) is 39.4 Å². The van der Waals surface area contributed by atoms with Gasteiger partial charge in [-0.3, -0.25) is 9.59 Å². The average Bonchev–Trinajstić information content (AvgIpc) is 3.48. The topological polar surface area (TPSA) is 49.9 Å². The van der Waals surface area contributed by atoms with Crippen LogP contribution in [0, 0.1) is 0 Å². The number of carbonyl (C=O) groups is 2. The summed E-state index contributed by atoms with van der Waals surface area (Å²) >= 11 is 1.59. The maximum Gasteiger partial charge on any atom is 0.264 e. The summed E-state index contributed by atoms with van der Waals surface area (Å²) in [7, 11) is 0. The Morgan fingerprint density at radius 3 is 2.50 bits per heavy atom. The van der Waals surface area contributed by atoms with Crippen LogP contribution in [-0.2, 0) is 16.0 Å². The lowest BCUT2D eigenvalue weighted by atomic mass is 9.94. The molecule has 2 amide bonds. The SMILES string of the molecule is O=C(CCc1ccccc1)N1CC[C@H](c2c(C(=O)N3CCOCC3)sc3ccccc23)C1. The summed E-state index contributed by atoms with van der Waals surface area (Å²) in [5.41, 5.74) is 2.33. The van der Waals surface area contributed by atoms with Crippen molar-refractivity contribution in [2.45, 2.75) is 25.2 Å². The van der Waals surface area contributed by atoms with Crippen LogP contribution in [0.5, 0.6) is 0 Å². The van der Waals surface area contributed by atoms with Gasteiger partial charge in [-0.25, -0.2) is 0 Å². The lowest BCUT2D eigenvalue weighted by Gasteiger charge is -2.27. The van der Waals surface area contributed by atoms with Crippen molar-refractivity contribution in [3.8, 4) is 0 Å². The van der Waals surface area contributed by atoms with Crippen molar-refractivity contribution in [1.82, 2.24) is 9.80 Å². The smallest absolute Gasteiger partial charge is 0.264 e. The predicted octanol–water partition coefficient (Wildman–Crippen LogP) is 4.32. The van der Waals surface area contributed by atoms with Gasteiger partial charge in [0.05, 0.1) is 18.1 Å². The molecule has 0 unspecified atom stereocenters. The van der Waals surface area contributed by atoms with E-state index in [4.69, 9.17) is 4.74 Å². The molecule has 5 rings (SSSR count). The van der Waals surface area contributed by atoms with E-state index >= 15 is 0 Å². The Labute approximate surface area is 192 Å². The first-order valence-electron chi connectivity index (χ1n) is 11.4. The molecule has 5 nitrogen and oxygen atoms in total. The van der Waals surface area contributed by atoms with Crippen LogP contribution >= 0.6 is 11.3 Å². The molecule has 2 aromatic carbocycles. The van der Waals surface area contributed by atoms with Crippen molar-refractivity contribution in [3.05, 3.63) is 70.6 Å². The normalized spacial score (nSPS) is 18.9. The van der Waals surface area contributed by atoms with E-state index in [2.05, 4.69) is 24.3 Å². The van der Waals surface area contributed by atoms with Gasteiger partial charge in [0.2, 0.25) is 5.91 Å². The molecule has 3 heterocycles. The summed E-state index contributed by atoms with van der Waals surface area (Å²) in [5.74, 6) is 0.516. The highest BCUT2D eigenvalue weighted by Crippen LogP contribution is 2.41. The molecule has 2 aliphatic heterocycles. The second-order valence-corrected chi connectivity index (χ2v) is 9.61. The van der Waals surface area contributed by atoms with Gasteiger partial charge >= 0.3 is 0 Å². The van der Waals surface area contributed by atoms with E-state index in [9.17, 15) is 9.59 Å². The minimum Gasteiger partial charge on any atom is -0.378 e. The lowest BCUT2D eigenvalue weighted by Crippen LogP contribution is -2.40. The highest BCUT2D eigenvalue weighted by atomic mass is 32.1. The Bertz CT molecular complexity index is 1100. The first-order valence-corrected chi connectivity index (χ1v) is 12.2. The van der Waals surface area contributed by atoms with Crippen LogP contribution in [-0.4, -0.2) is 61.0 Å². The van der Waals surface area contributed by atoms with Crippen LogP contribution in [0.2, 0.25) is 0 Å². The summed E-state index contributed by atoms with van der Waals surface area (Å²) in [6.45, 7) is 3.92. The van der Waals surface area contributed by atoms with Crippen LogP contribution < -0.4 is 0 Å². The lowest BCUT2D eigenvalue weighted by molar-refractivity contribution is -0.130. The highest BCUT2D eigenvalue weighted by Gasteiger charge is 2.33. The van der Waals surface area contributed by atoms with E-state index in [1.807, 2.05) is 40.1 Å². The average molecular weight is 449 g/mol. The molecule has 1 atom stereocenters. The van der Waals surface area contributed by atoms with Crippen molar-refractivity contribution >= 4 is 33.2 Å². The Kier molecular flexibility index (Phi) is 6.23. The van der Waals surface area contributed by atoms with E-state index in [1.54, 1.807) is 11.3 Å². The van der Waals surface area contributed by atoms with Crippen molar-refractivity contribution in [2.24, 2.45) is 0 Å². The fourth-order valence-corrected chi connectivity index (χ4v) is 6.07. The number of fused-ring (bicyclic) bond motifs is 1. The van der Waals surface area contributed by atoms with Gasteiger partial charge in [0.1, 0.15) is 0 Å². The second kappa shape index (κ2) is 9.43. The molecule has 2 aliphatic rings. The number of hydrogen-bond donors (Lipinski definition) is 0. The first-order chi connectivity index (χ1) is 15.7. The second-order valence-electron chi connectivity index (χ2n) is 8.56. The van der Waals surface area contributed by atoms with Gasteiger partial charge in [-0.1, -0.05) is 48.5 Å². The fraction of sp³-hybridized carbons (Fsp3) is 0.385. The summed E-state index contributed by atoms with van der Waals surface area (Å²) in [4.78, 5) is 31.1. The molecule has 2 fully saturated rings. The number of hydrogen-bond acceptors (Lipinski definition) is 4. The van der Waals surface area contributed by atoms with Crippen molar-refractivity contribution < 1.29 is 14.3 Å². The summed E-state index contributed by atoms with van der Waals surface area (Å²) in [6.07, 6.45) is 2.20. The molecular formula is C26H28N2O3S. The van der Waals surface area contributed by atoms with E-state index in [0.29, 0.717) is 39.3 Å².